The van der Waals surface area contributed by atoms with Crippen LogP contribution in [0.15, 0.2) is 0 Å². The minimum atomic E-state index is 0.481. The summed E-state index contributed by atoms with van der Waals surface area (Å²) in [6, 6.07) is 0. The van der Waals surface area contributed by atoms with Gasteiger partial charge in [-0.15, -0.1) is 0 Å². The zero-order chi connectivity index (χ0) is 7.40. The summed E-state index contributed by atoms with van der Waals surface area (Å²) in [5, 5.41) is 0. The summed E-state index contributed by atoms with van der Waals surface area (Å²) in [5.74, 6) is 0. The monoisotopic (exact) mass is 518 g/mol. The molecule has 0 aromatic heterocycles. The van der Waals surface area contributed by atoms with Crippen LogP contribution in [0, 0.1) is 0 Å². The molecule has 1 saturated heterocycles. The third-order valence-corrected chi connectivity index (χ3v) is 6.16. The van der Waals surface area contributed by atoms with Crippen LogP contribution >= 0.6 is 0 Å². The maximum atomic E-state index is 5.59. The Morgan fingerprint density at radius 3 is 1.70 bits per heavy atom. The van der Waals surface area contributed by atoms with Gasteiger partial charge in [0.1, 0.15) is 0 Å². The summed E-state index contributed by atoms with van der Waals surface area (Å²) < 4.78 is 13.8. The van der Waals surface area contributed by atoms with Crippen molar-refractivity contribution >= 4 is 0 Å². The van der Waals surface area contributed by atoms with Crippen LogP contribution in [0.25, 0.3) is 0 Å². The van der Waals surface area contributed by atoms with Crippen LogP contribution in [-0.4, -0.2) is 25.4 Å². The van der Waals surface area contributed by atoms with Gasteiger partial charge in [-0.3, -0.25) is 0 Å². The molecule has 1 aliphatic heterocycles. The topological polar surface area (TPSA) is 18.5 Å². The van der Waals surface area contributed by atoms with Crippen LogP contribution < -0.4 is 0 Å². The van der Waals surface area contributed by atoms with Crippen LogP contribution in [0.5, 0.6) is 0 Å². The number of ether oxygens (including phenoxy) is 2. The van der Waals surface area contributed by atoms with Gasteiger partial charge in [0, 0.05) is 0 Å². The fourth-order valence-electron chi connectivity index (χ4n) is 1.15. The Morgan fingerprint density at radius 1 is 1.00 bits per heavy atom. The van der Waals surface area contributed by atoms with Gasteiger partial charge in [0.15, 0.2) is 0 Å². The minimum absolute atomic E-state index is 0.481. The Balaban J connectivity index is 2.34. The third kappa shape index (κ3) is 2.68. The summed E-state index contributed by atoms with van der Waals surface area (Å²) >= 11 is 1.74. The van der Waals surface area contributed by atoms with Gasteiger partial charge in [-0.1, -0.05) is 0 Å². The molecular weight excluding hydrogens is 505 g/mol. The first-order valence-electron chi connectivity index (χ1n) is 3.70. The molecule has 0 aliphatic carbocycles. The Morgan fingerprint density at radius 2 is 1.40 bits per heavy atom. The van der Waals surface area contributed by atoms with Gasteiger partial charge in [-0.2, -0.15) is 0 Å². The molecule has 10 heavy (non-hydrogen) atoms. The summed E-state index contributed by atoms with van der Waals surface area (Å²) in [4.78, 5) is 0. The molecule has 50 valence electrons. The van der Waals surface area contributed by atoms with Crippen molar-refractivity contribution in [2.45, 2.75) is 20.1 Å². The van der Waals surface area contributed by atoms with E-state index in [1.165, 1.54) is 7.86 Å². The van der Waals surface area contributed by atoms with Crippen LogP contribution in [0.2, 0.25) is 7.86 Å². The van der Waals surface area contributed by atoms with E-state index in [1.54, 1.807) is 0 Å². The molecule has 0 saturated carbocycles. The first kappa shape index (κ1) is 9.87. The Bertz CT molecular complexity index is 87.7. The Labute approximate surface area is 94.0 Å². The molecule has 0 bridgehead atoms. The Kier molecular flexibility index (Phi) is 5.37. The van der Waals surface area contributed by atoms with Gasteiger partial charge in [-0.05, 0) is 0 Å². The van der Waals surface area contributed by atoms with Crippen LogP contribution in [0.3, 0.4) is 0 Å². The second kappa shape index (κ2) is 5.44. The molecule has 4 heteroatoms. The fraction of sp³-hybridized carbons (Fsp3) is 1.00. The van der Waals surface area contributed by atoms with Gasteiger partial charge >= 0.3 is 95.0 Å². The van der Waals surface area contributed by atoms with Gasteiger partial charge in [0.05, 0.1) is 0 Å². The zero-order valence-electron chi connectivity index (χ0n) is 6.21. The Hall–Kier alpha value is 1.79. The van der Waals surface area contributed by atoms with E-state index in [0.29, 0.717) is 12.2 Å². The van der Waals surface area contributed by atoms with Crippen molar-refractivity contribution < 1.29 is 61.7 Å². The molecule has 1 fully saturated rings. The number of hydrogen-bond donors (Lipinski definition) is 0. The van der Waals surface area contributed by atoms with Crippen molar-refractivity contribution in [1.82, 2.24) is 0 Å². The van der Waals surface area contributed by atoms with Crippen LogP contribution in [-0.2, 0) is 61.7 Å². The molecule has 1 aliphatic rings. The van der Waals surface area contributed by atoms with E-state index in [1.807, 2.05) is 0 Å². The summed E-state index contributed by atoms with van der Waals surface area (Å²) in [7, 11) is 0. The van der Waals surface area contributed by atoms with E-state index in [0.717, 1.165) is 65.5 Å². The van der Waals surface area contributed by atoms with Gasteiger partial charge < -0.3 is 0 Å². The van der Waals surface area contributed by atoms with Gasteiger partial charge in [0.25, 0.3) is 0 Å². The van der Waals surface area contributed by atoms with E-state index < -0.39 is 0 Å². The number of hydrogen-bond acceptors (Lipinski definition) is 2. The van der Waals surface area contributed by atoms with Crippen molar-refractivity contribution in [1.29, 1.82) is 0 Å². The molecule has 0 aromatic carbocycles. The van der Waals surface area contributed by atoms with Gasteiger partial charge in [-0.25, -0.2) is 0 Å². The second-order valence-electron chi connectivity index (χ2n) is 2.40. The van der Waals surface area contributed by atoms with Crippen molar-refractivity contribution in [2.24, 2.45) is 0 Å². The standard InChI is InChI=1S/C6H10O2.2Hg/c1-5-6(2)8-4-3-7-5;;/h5-6H,1-4H2;;. The molecule has 0 amide bonds. The molecular formula is C6H10Hg2O2. The van der Waals surface area contributed by atoms with Crippen molar-refractivity contribution in [3.63, 3.8) is 0 Å². The van der Waals surface area contributed by atoms with Crippen LogP contribution in [0.4, 0.5) is 0 Å². The van der Waals surface area contributed by atoms with E-state index in [4.69, 9.17) is 9.47 Å². The summed E-state index contributed by atoms with van der Waals surface area (Å²) in [5.41, 5.74) is 0. The first-order chi connectivity index (χ1) is 4.88. The molecule has 0 N–H and O–H groups in total. The predicted molar refractivity (Wildman–Crippen MR) is 29.1 cm³/mol. The molecule has 0 aromatic rings. The van der Waals surface area contributed by atoms with E-state index in [2.05, 4.69) is 0 Å². The maximum absolute atomic E-state index is 5.59. The molecule has 0 spiro atoms. The third-order valence-electron chi connectivity index (χ3n) is 1.73. The summed E-state index contributed by atoms with van der Waals surface area (Å²) in [6.45, 7) is 1.65. The van der Waals surface area contributed by atoms with E-state index in [-0.39, 0.29) is 0 Å². The fourth-order valence-corrected chi connectivity index (χ4v) is 5.34. The van der Waals surface area contributed by atoms with E-state index >= 15 is 0 Å². The molecule has 2 nitrogen and oxygen atoms in total. The predicted octanol–water partition coefficient (Wildman–Crippen LogP) is 0.701. The number of rotatable bonds is 2. The normalized spacial score (nSPS) is 34.4. The van der Waals surface area contributed by atoms with Crippen molar-refractivity contribution in [3.8, 4) is 0 Å². The van der Waals surface area contributed by atoms with Crippen LogP contribution in [0.1, 0.15) is 0 Å². The average Bonchev–Trinajstić information content (AvgIpc) is 2.04. The molecule has 2 unspecified atom stereocenters. The second-order valence-corrected chi connectivity index (χ2v) is 6.88. The van der Waals surface area contributed by atoms with Crippen molar-refractivity contribution in [3.05, 3.63) is 0 Å². The van der Waals surface area contributed by atoms with Gasteiger partial charge in [0.2, 0.25) is 0 Å². The molecule has 1 rings (SSSR count). The average molecular weight is 515 g/mol. The zero-order valence-corrected chi connectivity index (χ0v) is 17.2. The summed E-state index contributed by atoms with van der Waals surface area (Å²) in [6.07, 6.45) is 0.962. The SMILES string of the molecule is [Hg][CH2]C1OCCOC1[CH2][Hg]. The van der Waals surface area contributed by atoms with E-state index in [9.17, 15) is 0 Å². The van der Waals surface area contributed by atoms with Crippen molar-refractivity contribution in [2.75, 3.05) is 13.2 Å². The molecule has 1 heterocycles. The quantitative estimate of drug-likeness (QED) is 0.505. The molecule has 2 atom stereocenters. The first-order valence-corrected chi connectivity index (χ1v) is 11.5. The molecule has 0 radical (unpaired) electrons.